The molecule has 0 aliphatic carbocycles. The minimum absolute atomic E-state index is 0.135. The van der Waals surface area contributed by atoms with Crippen LogP contribution >= 0.6 is 7.82 Å². The van der Waals surface area contributed by atoms with Crippen LogP contribution in [0.5, 0.6) is 0 Å². The number of carboxylic acid groups (broad SMARTS) is 1. The summed E-state index contributed by atoms with van der Waals surface area (Å²) in [7, 11) is -4.76. The number of aliphatic carboxylic acids is 1. The molecule has 0 rings (SSSR count). The maximum Gasteiger partial charge on any atom is 0.472 e. The van der Waals surface area contributed by atoms with Crippen molar-refractivity contribution in [3.8, 4) is 0 Å². The van der Waals surface area contributed by atoms with Gasteiger partial charge in [-0.25, -0.2) is 9.36 Å². The van der Waals surface area contributed by atoms with Crippen LogP contribution in [-0.2, 0) is 32.7 Å². The van der Waals surface area contributed by atoms with Crippen molar-refractivity contribution < 1.29 is 47.8 Å². The minimum Gasteiger partial charge on any atom is -0.480 e. The Hall–Kier alpha value is -2.56. The third kappa shape index (κ3) is 41.9. The predicted molar refractivity (Wildman–Crippen MR) is 240 cm³/mol. The van der Waals surface area contributed by atoms with Gasteiger partial charge in [0, 0.05) is 12.8 Å². The van der Waals surface area contributed by atoms with Crippen LogP contribution in [-0.4, -0.2) is 64.9 Å². The number of allylic oxidation sites excluding steroid dienone is 8. The number of hydrogen-bond donors (Lipinski definition) is 4. The summed E-state index contributed by atoms with van der Waals surface area (Å²) in [5, 5.41) is 21.9. The second-order valence-corrected chi connectivity index (χ2v) is 17.0. The minimum atomic E-state index is -4.76. The Bertz CT molecular complexity index is 1190. The second-order valence-electron chi connectivity index (χ2n) is 15.6. The molecule has 1 amide bonds. The number of esters is 1. The van der Waals surface area contributed by atoms with E-state index in [1.165, 1.54) is 83.5 Å². The lowest BCUT2D eigenvalue weighted by Crippen LogP contribution is -2.43. The number of carbonyl (C=O) groups excluding carboxylic acids is 2. The van der Waals surface area contributed by atoms with Gasteiger partial charge >= 0.3 is 19.8 Å². The van der Waals surface area contributed by atoms with Gasteiger partial charge in [0.2, 0.25) is 5.91 Å². The second kappa shape index (κ2) is 42.1. The number of carbonyl (C=O) groups is 3. The number of hydrogen-bond acceptors (Lipinski definition) is 8. The highest BCUT2D eigenvalue weighted by Crippen LogP contribution is 2.43. The first-order valence-electron chi connectivity index (χ1n) is 23.2. The first kappa shape index (κ1) is 56.4. The van der Waals surface area contributed by atoms with E-state index in [4.69, 9.17) is 13.8 Å². The van der Waals surface area contributed by atoms with E-state index in [9.17, 15) is 34.1 Å². The summed E-state index contributed by atoms with van der Waals surface area (Å²) in [6, 6.07) is -1.55. The maximum absolute atomic E-state index is 12.3. The molecule has 3 unspecified atom stereocenters. The molecule has 0 radical (unpaired) electrons. The monoisotopic (exact) mass is 854 g/mol. The number of nitrogens with one attached hydrogen (secondary N) is 1. The van der Waals surface area contributed by atoms with Gasteiger partial charge in [0.1, 0.15) is 12.7 Å². The fourth-order valence-corrected chi connectivity index (χ4v) is 6.97. The highest BCUT2D eigenvalue weighted by Gasteiger charge is 2.28. The Morgan fingerprint density at radius 3 is 1.41 bits per heavy atom. The van der Waals surface area contributed by atoms with Crippen molar-refractivity contribution in [3.05, 3.63) is 48.6 Å². The van der Waals surface area contributed by atoms with Gasteiger partial charge in [-0.15, -0.1) is 0 Å². The summed E-state index contributed by atoms with van der Waals surface area (Å²) in [5.41, 5.74) is 0. The molecule has 0 aromatic heterocycles. The Balaban J connectivity index is 3.91. The summed E-state index contributed by atoms with van der Waals surface area (Å²) >= 11 is 0. The summed E-state index contributed by atoms with van der Waals surface area (Å²) in [6.45, 7) is 2.54. The molecule has 12 heteroatoms. The molecule has 3 atom stereocenters. The van der Waals surface area contributed by atoms with Crippen LogP contribution in [0.3, 0.4) is 0 Å². The van der Waals surface area contributed by atoms with Gasteiger partial charge in [-0.1, -0.05) is 159 Å². The standard InChI is InChI=1S/C47H84NO10P/c1-3-5-7-9-11-13-15-17-19-21-23-24-26-28-30-32-34-36-38-45(50)48-44(47(52)53)42-58-59(54,55)57-41-43(49)40-56-46(51)39-37-35-33-31-29-27-25-22-20-18-16-14-12-10-8-6-4-2/h12-15,18-21,43-44,49H,3-11,16-17,22-42H2,1-2H3,(H,48,50)(H,52,53)(H,54,55)/b14-12-,15-13-,20-18-,21-19-. The topological polar surface area (TPSA) is 169 Å². The molecule has 0 saturated carbocycles. The number of aliphatic hydroxyl groups excluding tert-OH is 1. The number of unbranched alkanes of at least 4 members (excludes halogenated alkanes) is 21. The van der Waals surface area contributed by atoms with Crippen LogP contribution in [0.25, 0.3) is 0 Å². The van der Waals surface area contributed by atoms with Crippen molar-refractivity contribution in [2.75, 3.05) is 19.8 Å². The molecule has 0 spiro atoms. The van der Waals surface area contributed by atoms with Gasteiger partial charge in [0.05, 0.1) is 13.2 Å². The van der Waals surface area contributed by atoms with Gasteiger partial charge < -0.3 is 25.2 Å². The summed E-state index contributed by atoms with van der Waals surface area (Å²) in [6.07, 6.45) is 46.9. The molecule has 4 N–H and O–H groups in total. The van der Waals surface area contributed by atoms with E-state index in [2.05, 4.69) is 67.8 Å². The Morgan fingerprint density at radius 1 is 0.542 bits per heavy atom. The average Bonchev–Trinajstić information content (AvgIpc) is 3.21. The van der Waals surface area contributed by atoms with E-state index in [0.29, 0.717) is 12.8 Å². The number of rotatable bonds is 43. The van der Waals surface area contributed by atoms with Crippen molar-refractivity contribution in [1.82, 2.24) is 5.32 Å². The van der Waals surface area contributed by atoms with Crippen molar-refractivity contribution in [1.29, 1.82) is 0 Å². The molecule has 0 heterocycles. The number of phosphoric ester groups is 1. The van der Waals surface area contributed by atoms with Crippen molar-refractivity contribution in [2.24, 2.45) is 0 Å². The number of carboxylic acids is 1. The van der Waals surface area contributed by atoms with Gasteiger partial charge in [-0.3, -0.25) is 18.6 Å². The van der Waals surface area contributed by atoms with Crippen molar-refractivity contribution >= 4 is 25.7 Å². The first-order chi connectivity index (χ1) is 28.6. The summed E-state index contributed by atoms with van der Waals surface area (Å²) in [5.74, 6) is -2.39. The zero-order valence-corrected chi connectivity index (χ0v) is 37.9. The van der Waals surface area contributed by atoms with Crippen LogP contribution in [0.1, 0.15) is 200 Å². The molecule has 0 aromatic rings. The molecule has 11 nitrogen and oxygen atoms in total. The molecule has 342 valence electrons. The largest absolute Gasteiger partial charge is 0.480 e. The smallest absolute Gasteiger partial charge is 0.472 e. The van der Waals surface area contributed by atoms with E-state index >= 15 is 0 Å². The molecule has 0 fully saturated rings. The lowest BCUT2D eigenvalue weighted by molar-refractivity contribution is -0.147. The van der Waals surface area contributed by atoms with Crippen LogP contribution < -0.4 is 5.32 Å². The van der Waals surface area contributed by atoms with Crippen molar-refractivity contribution in [3.63, 3.8) is 0 Å². The van der Waals surface area contributed by atoms with Crippen LogP contribution in [0.4, 0.5) is 0 Å². The van der Waals surface area contributed by atoms with E-state index in [-0.39, 0.29) is 12.8 Å². The van der Waals surface area contributed by atoms with Crippen LogP contribution in [0.2, 0.25) is 0 Å². The SMILES string of the molecule is CCCCC/C=C\C/C=C\CCCCCCCCCC(=O)OCC(O)COP(=O)(O)OCC(NC(=O)CCCCCCCCC/C=C\C/C=C\CCCCCC)C(=O)O. The normalized spacial score (nSPS) is 14.1. The van der Waals surface area contributed by atoms with Gasteiger partial charge in [0.15, 0.2) is 6.04 Å². The average molecular weight is 854 g/mol. The van der Waals surface area contributed by atoms with Crippen molar-refractivity contribution in [2.45, 2.75) is 212 Å². The lowest BCUT2D eigenvalue weighted by atomic mass is 10.1. The van der Waals surface area contributed by atoms with Crippen LogP contribution in [0, 0.1) is 0 Å². The highest BCUT2D eigenvalue weighted by molar-refractivity contribution is 7.47. The third-order valence-electron chi connectivity index (χ3n) is 9.84. The Morgan fingerprint density at radius 2 is 0.932 bits per heavy atom. The van der Waals surface area contributed by atoms with E-state index < -0.39 is 57.6 Å². The van der Waals surface area contributed by atoms with Crippen LogP contribution in [0.15, 0.2) is 48.6 Å². The maximum atomic E-state index is 12.3. The van der Waals surface area contributed by atoms with E-state index in [1.54, 1.807) is 0 Å². The lowest BCUT2D eigenvalue weighted by Gasteiger charge is -2.18. The highest BCUT2D eigenvalue weighted by atomic mass is 31.2. The van der Waals surface area contributed by atoms with Gasteiger partial charge in [-0.2, -0.15) is 0 Å². The molecular formula is C47H84NO10P. The molecular weight excluding hydrogens is 769 g/mol. The fourth-order valence-electron chi connectivity index (χ4n) is 6.20. The molecule has 0 bridgehead atoms. The summed E-state index contributed by atoms with van der Waals surface area (Å²) in [4.78, 5) is 46.0. The Labute approximate surface area is 358 Å². The number of aliphatic hydroxyl groups is 1. The molecule has 0 saturated heterocycles. The quantitative estimate of drug-likeness (QED) is 0.0200. The third-order valence-corrected chi connectivity index (χ3v) is 10.8. The molecule has 59 heavy (non-hydrogen) atoms. The van der Waals surface area contributed by atoms with Gasteiger partial charge in [-0.05, 0) is 77.0 Å². The Kier molecular flexibility index (Phi) is 40.3. The fraction of sp³-hybridized carbons (Fsp3) is 0.766. The first-order valence-corrected chi connectivity index (χ1v) is 24.7. The number of ether oxygens (including phenoxy) is 1. The summed E-state index contributed by atoms with van der Waals surface area (Å²) < 4.78 is 26.9. The zero-order valence-electron chi connectivity index (χ0n) is 37.0. The molecule has 0 aliphatic rings. The predicted octanol–water partition coefficient (Wildman–Crippen LogP) is 12.2. The molecule has 0 aromatic carbocycles. The van der Waals surface area contributed by atoms with Gasteiger partial charge in [0.25, 0.3) is 0 Å². The number of phosphoric acid groups is 1. The zero-order chi connectivity index (χ0) is 43.5. The van der Waals surface area contributed by atoms with E-state index in [0.717, 1.165) is 77.0 Å². The molecule has 0 aliphatic heterocycles. The van der Waals surface area contributed by atoms with E-state index in [1.807, 2.05) is 0 Å². The number of amides is 1.